The van der Waals surface area contributed by atoms with Gasteiger partial charge in [0.25, 0.3) is 0 Å². The molecule has 1 aromatic heterocycles. The molecule has 1 aromatic carbocycles. The molecule has 1 unspecified atom stereocenters. The molecule has 134 valence electrons. The number of hydrogen-bond donors (Lipinski definition) is 1. The van der Waals surface area contributed by atoms with Gasteiger partial charge in [-0.3, -0.25) is 14.2 Å². The predicted octanol–water partition coefficient (Wildman–Crippen LogP) is 5.64. The number of carbonyl (C=O) groups is 2. The largest absolute Gasteiger partial charge is 0.481 e. The minimum atomic E-state index is -0.889. The molecule has 2 rings (SSSR count). The van der Waals surface area contributed by atoms with Crippen LogP contribution in [0.2, 0.25) is 5.02 Å². The molecule has 0 amide bonds. The fourth-order valence-electron chi connectivity index (χ4n) is 2.88. The first-order valence-electron chi connectivity index (χ1n) is 8.65. The Kier molecular flexibility index (Phi) is 6.82. The number of benzene rings is 1. The smallest absolute Gasteiger partial charge is 0.303 e. The van der Waals surface area contributed by atoms with Crippen LogP contribution >= 0.6 is 11.6 Å². The van der Waals surface area contributed by atoms with Crippen molar-refractivity contribution in [1.82, 2.24) is 4.57 Å². The molecule has 2 aromatic rings. The van der Waals surface area contributed by atoms with E-state index in [9.17, 15) is 9.59 Å². The molecule has 0 radical (unpaired) electrons. The van der Waals surface area contributed by atoms with Crippen molar-refractivity contribution < 1.29 is 14.7 Å². The van der Waals surface area contributed by atoms with Crippen molar-refractivity contribution in [3.8, 4) is 0 Å². The molecule has 0 saturated carbocycles. The number of aromatic nitrogens is 1. The van der Waals surface area contributed by atoms with E-state index in [4.69, 9.17) is 16.7 Å². The standard InChI is InChI=1S/C20H24ClNO3/c1-3-4-5-6-7-17-12-15-8-9-16(21)13-18(15)22(17)19(23)10-14(2)11-20(24)25/h6-9,12-14H,3-5,10-11H2,1-2H3,(H,24,25)/b7-6-. The van der Waals surface area contributed by atoms with Gasteiger partial charge in [-0.15, -0.1) is 0 Å². The van der Waals surface area contributed by atoms with Crippen LogP contribution in [0.15, 0.2) is 30.3 Å². The van der Waals surface area contributed by atoms with Crippen LogP contribution < -0.4 is 0 Å². The van der Waals surface area contributed by atoms with Gasteiger partial charge in [-0.05, 0) is 36.6 Å². The zero-order valence-corrected chi connectivity index (χ0v) is 15.4. The number of nitrogens with zero attached hydrogens (tertiary/aromatic N) is 1. The molecule has 5 heteroatoms. The topological polar surface area (TPSA) is 59.3 Å². The van der Waals surface area contributed by atoms with E-state index in [1.165, 1.54) is 0 Å². The Morgan fingerprint density at radius 3 is 2.72 bits per heavy atom. The third-order valence-electron chi connectivity index (χ3n) is 4.10. The zero-order valence-electron chi connectivity index (χ0n) is 14.7. The van der Waals surface area contributed by atoms with Gasteiger partial charge in [-0.25, -0.2) is 0 Å². The first-order chi connectivity index (χ1) is 11.9. The summed E-state index contributed by atoms with van der Waals surface area (Å²) in [7, 11) is 0. The Hall–Kier alpha value is -2.07. The van der Waals surface area contributed by atoms with Crippen molar-refractivity contribution in [2.75, 3.05) is 0 Å². The minimum Gasteiger partial charge on any atom is -0.481 e. The van der Waals surface area contributed by atoms with E-state index in [0.29, 0.717) is 5.02 Å². The summed E-state index contributed by atoms with van der Waals surface area (Å²) < 4.78 is 1.65. The van der Waals surface area contributed by atoms with Gasteiger partial charge < -0.3 is 5.11 Å². The summed E-state index contributed by atoms with van der Waals surface area (Å²) in [6.07, 6.45) is 7.38. The molecule has 25 heavy (non-hydrogen) atoms. The van der Waals surface area contributed by atoms with Gasteiger partial charge in [0.2, 0.25) is 5.91 Å². The number of allylic oxidation sites excluding steroid dienone is 1. The van der Waals surface area contributed by atoms with E-state index >= 15 is 0 Å². The monoisotopic (exact) mass is 361 g/mol. The van der Waals surface area contributed by atoms with E-state index in [-0.39, 0.29) is 24.7 Å². The van der Waals surface area contributed by atoms with Crippen LogP contribution in [0.25, 0.3) is 17.0 Å². The Morgan fingerprint density at radius 1 is 1.28 bits per heavy atom. The lowest BCUT2D eigenvalue weighted by molar-refractivity contribution is -0.137. The number of unbranched alkanes of at least 4 members (excludes halogenated alkanes) is 2. The van der Waals surface area contributed by atoms with Gasteiger partial charge >= 0.3 is 5.97 Å². The molecule has 0 aliphatic rings. The minimum absolute atomic E-state index is 0.0205. The summed E-state index contributed by atoms with van der Waals surface area (Å²) in [6.45, 7) is 3.92. The summed E-state index contributed by atoms with van der Waals surface area (Å²) in [5, 5.41) is 10.4. The Bertz CT molecular complexity index is 792. The highest BCUT2D eigenvalue weighted by molar-refractivity contribution is 6.31. The normalized spacial score (nSPS) is 12.8. The van der Waals surface area contributed by atoms with Crippen molar-refractivity contribution in [1.29, 1.82) is 0 Å². The van der Waals surface area contributed by atoms with Crippen molar-refractivity contribution in [3.63, 3.8) is 0 Å². The lowest BCUT2D eigenvalue weighted by Crippen LogP contribution is -2.17. The third-order valence-corrected chi connectivity index (χ3v) is 4.34. The molecule has 1 atom stereocenters. The number of halogens is 1. The second-order valence-corrected chi connectivity index (χ2v) is 6.89. The highest BCUT2D eigenvalue weighted by Crippen LogP contribution is 2.26. The fourth-order valence-corrected chi connectivity index (χ4v) is 3.05. The Labute approximate surface area is 153 Å². The first kappa shape index (κ1) is 19.3. The lowest BCUT2D eigenvalue weighted by atomic mass is 10.0. The average Bonchev–Trinajstić information content (AvgIpc) is 2.88. The van der Waals surface area contributed by atoms with Gasteiger partial charge in [-0.2, -0.15) is 0 Å². The molecule has 0 aliphatic carbocycles. The first-order valence-corrected chi connectivity index (χ1v) is 9.02. The predicted molar refractivity (Wildman–Crippen MR) is 102 cm³/mol. The Balaban J connectivity index is 2.36. The molecule has 1 heterocycles. The quantitative estimate of drug-likeness (QED) is 0.619. The van der Waals surface area contributed by atoms with Crippen LogP contribution in [0.4, 0.5) is 0 Å². The molecule has 0 spiro atoms. The maximum absolute atomic E-state index is 12.8. The second-order valence-electron chi connectivity index (χ2n) is 6.45. The maximum atomic E-state index is 12.8. The van der Waals surface area contributed by atoms with E-state index in [1.807, 2.05) is 18.2 Å². The van der Waals surface area contributed by atoms with E-state index in [1.54, 1.807) is 23.6 Å². The number of rotatable bonds is 8. The maximum Gasteiger partial charge on any atom is 0.303 e. The molecular weight excluding hydrogens is 338 g/mol. The molecule has 0 fully saturated rings. The van der Waals surface area contributed by atoms with Crippen LogP contribution in [-0.4, -0.2) is 21.6 Å². The molecule has 4 nitrogen and oxygen atoms in total. The molecule has 1 N–H and O–H groups in total. The van der Waals surface area contributed by atoms with Crippen LogP contribution in [0, 0.1) is 5.92 Å². The van der Waals surface area contributed by atoms with Crippen LogP contribution in [-0.2, 0) is 4.79 Å². The number of hydrogen-bond acceptors (Lipinski definition) is 2. The summed E-state index contributed by atoms with van der Waals surface area (Å²) in [5.74, 6) is -1.22. The van der Waals surface area contributed by atoms with E-state index in [2.05, 4.69) is 13.0 Å². The van der Waals surface area contributed by atoms with E-state index in [0.717, 1.165) is 35.9 Å². The number of carbonyl (C=O) groups excluding carboxylic acids is 1. The van der Waals surface area contributed by atoms with Crippen LogP contribution in [0.5, 0.6) is 0 Å². The number of aliphatic carboxylic acids is 1. The van der Waals surface area contributed by atoms with Crippen LogP contribution in [0.1, 0.15) is 56.4 Å². The molecule has 0 aliphatic heterocycles. The Morgan fingerprint density at radius 2 is 2.04 bits per heavy atom. The average molecular weight is 362 g/mol. The van der Waals surface area contributed by atoms with Crippen molar-refractivity contribution >= 4 is 40.5 Å². The summed E-state index contributed by atoms with van der Waals surface area (Å²) in [6, 6.07) is 7.44. The third kappa shape index (κ3) is 5.20. The SMILES string of the molecule is CCCC/C=C\c1cc2ccc(Cl)cc2n1C(=O)CC(C)CC(=O)O. The number of fused-ring (bicyclic) bond motifs is 1. The van der Waals surface area contributed by atoms with Gasteiger partial charge in [0.05, 0.1) is 5.52 Å². The second kappa shape index (κ2) is 8.86. The van der Waals surface area contributed by atoms with Gasteiger partial charge in [0.1, 0.15) is 0 Å². The number of carboxylic acids is 1. The molecule has 0 bridgehead atoms. The van der Waals surface area contributed by atoms with Crippen molar-refractivity contribution in [3.05, 3.63) is 41.1 Å². The van der Waals surface area contributed by atoms with Crippen molar-refractivity contribution in [2.45, 2.75) is 46.0 Å². The van der Waals surface area contributed by atoms with Gasteiger partial charge in [0.15, 0.2) is 0 Å². The lowest BCUT2D eigenvalue weighted by Gasteiger charge is -2.11. The summed E-state index contributed by atoms with van der Waals surface area (Å²) in [4.78, 5) is 23.7. The summed E-state index contributed by atoms with van der Waals surface area (Å²) >= 11 is 6.10. The molecular formula is C20H24ClNO3. The van der Waals surface area contributed by atoms with Gasteiger partial charge in [0, 0.05) is 28.9 Å². The summed E-state index contributed by atoms with van der Waals surface area (Å²) in [5.41, 5.74) is 1.57. The fraction of sp³-hybridized carbons (Fsp3) is 0.400. The van der Waals surface area contributed by atoms with Crippen LogP contribution in [0.3, 0.4) is 0 Å². The highest BCUT2D eigenvalue weighted by atomic mass is 35.5. The highest BCUT2D eigenvalue weighted by Gasteiger charge is 2.18. The number of carboxylic acid groups (broad SMARTS) is 1. The zero-order chi connectivity index (χ0) is 18.4. The molecule has 0 saturated heterocycles. The van der Waals surface area contributed by atoms with Crippen molar-refractivity contribution in [2.24, 2.45) is 5.92 Å². The van der Waals surface area contributed by atoms with Gasteiger partial charge in [-0.1, -0.05) is 50.4 Å². The van der Waals surface area contributed by atoms with E-state index < -0.39 is 5.97 Å².